The van der Waals surface area contributed by atoms with E-state index < -0.39 is 0 Å². The average Bonchev–Trinajstić information content (AvgIpc) is 2.43. The van der Waals surface area contributed by atoms with Crippen LogP contribution in [0.1, 0.15) is 40.0 Å². The Morgan fingerprint density at radius 2 is 2.15 bits per heavy atom. The van der Waals surface area contributed by atoms with Gasteiger partial charge < -0.3 is 4.90 Å². The van der Waals surface area contributed by atoms with Crippen LogP contribution >= 0.6 is 0 Å². The van der Waals surface area contributed by atoms with E-state index in [-0.39, 0.29) is 0 Å². The smallest absolute Gasteiger partial charge is 0.119 e. The Morgan fingerprint density at radius 3 is 2.69 bits per heavy atom. The highest BCUT2D eigenvalue weighted by Gasteiger charge is 2.25. The van der Waals surface area contributed by atoms with E-state index in [4.69, 9.17) is 0 Å². The minimum absolute atomic E-state index is 0.486. The van der Waals surface area contributed by atoms with Crippen LogP contribution in [0.2, 0.25) is 0 Å². The summed E-state index contributed by atoms with van der Waals surface area (Å²) >= 11 is 0. The summed E-state index contributed by atoms with van der Waals surface area (Å²) < 4.78 is 0. The molecule has 3 nitrogen and oxygen atoms in total. The molecule has 13 heavy (non-hydrogen) atoms. The molecule has 0 aromatic carbocycles. The Bertz CT molecular complexity index is 177. The lowest BCUT2D eigenvalue weighted by Gasteiger charge is -2.30. The second kappa shape index (κ2) is 4.49. The molecule has 1 unspecified atom stereocenters. The van der Waals surface area contributed by atoms with E-state index in [0.29, 0.717) is 12.2 Å². The van der Waals surface area contributed by atoms with Crippen LogP contribution in [0, 0.1) is 0 Å². The third-order valence-corrected chi connectivity index (χ3v) is 2.49. The summed E-state index contributed by atoms with van der Waals surface area (Å²) in [6.07, 6.45) is 6.17. The van der Waals surface area contributed by atoms with Gasteiger partial charge in [-0.3, -0.25) is 5.01 Å². The molecule has 3 heteroatoms. The molecule has 76 valence electrons. The van der Waals surface area contributed by atoms with Crippen molar-refractivity contribution in [3.8, 4) is 0 Å². The first kappa shape index (κ1) is 10.4. The van der Waals surface area contributed by atoms with E-state index in [1.165, 1.54) is 19.3 Å². The van der Waals surface area contributed by atoms with Crippen molar-refractivity contribution in [1.29, 1.82) is 0 Å². The molecule has 0 saturated carbocycles. The van der Waals surface area contributed by atoms with Gasteiger partial charge in [0.15, 0.2) is 0 Å². The minimum atomic E-state index is 0.486. The predicted molar refractivity (Wildman–Crippen MR) is 56.5 cm³/mol. The molecule has 1 heterocycles. The van der Waals surface area contributed by atoms with Gasteiger partial charge in [0.1, 0.15) is 12.5 Å². The summed E-state index contributed by atoms with van der Waals surface area (Å²) in [5, 5.41) is 6.57. The molecule has 1 aliphatic rings. The quantitative estimate of drug-likeness (QED) is 0.664. The lowest BCUT2D eigenvalue weighted by atomic mass is 10.2. The summed E-state index contributed by atoms with van der Waals surface area (Å²) in [6.45, 7) is 6.61. The van der Waals surface area contributed by atoms with Crippen molar-refractivity contribution in [2.24, 2.45) is 5.10 Å². The van der Waals surface area contributed by atoms with Gasteiger partial charge in [0.05, 0.1) is 0 Å². The zero-order valence-electron chi connectivity index (χ0n) is 9.20. The highest BCUT2D eigenvalue weighted by molar-refractivity contribution is 5.56. The second-order valence-corrected chi connectivity index (χ2v) is 3.99. The summed E-state index contributed by atoms with van der Waals surface area (Å²) in [5.41, 5.74) is 0. The van der Waals surface area contributed by atoms with Crippen molar-refractivity contribution in [3.05, 3.63) is 0 Å². The topological polar surface area (TPSA) is 18.8 Å². The van der Waals surface area contributed by atoms with Crippen LogP contribution in [-0.2, 0) is 0 Å². The van der Waals surface area contributed by atoms with Gasteiger partial charge >= 0.3 is 0 Å². The molecule has 0 aromatic heterocycles. The van der Waals surface area contributed by atoms with E-state index >= 15 is 0 Å². The largest absolute Gasteiger partial charge is 0.343 e. The number of nitrogens with zero attached hydrogens (tertiary/aromatic N) is 3. The van der Waals surface area contributed by atoms with E-state index in [0.717, 1.165) is 0 Å². The molecular formula is C10H21N3. The maximum absolute atomic E-state index is 4.38. The number of hydrazone groups is 1. The molecule has 1 atom stereocenters. The van der Waals surface area contributed by atoms with Crippen LogP contribution in [0.25, 0.3) is 0 Å². The number of hydrogen-bond donors (Lipinski definition) is 0. The van der Waals surface area contributed by atoms with Crippen LogP contribution in [-0.4, -0.2) is 35.5 Å². The molecule has 0 fully saturated rings. The maximum atomic E-state index is 4.38. The van der Waals surface area contributed by atoms with Gasteiger partial charge in [-0.2, -0.15) is 5.10 Å². The highest BCUT2D eigenvalue weighted by Crippen LogP contribution is 2.18. The zero-order valence-corrected chi connectivity index (χ0v) is 9.20. The highest BCUT2D eigenvalue weighted by atomic mass is 15.6. The normalized spacial score (nSPS) is 22.1. The number of hydrogen-bond acceptors (Lipinski definition) is 3. The van der Waals surface area contributed by atoms with Gasteiger partial charge in [0.2, 0.25) is 0 Å². The Kier molecular flexibility index (Phi) is 3.58. The third-order valence-electron chi connectivity index (χ3n) is 2.49. The van der Waals surface area contributed by atoms with Crippen LogP contribution in [0.4, 0.5) is 0 Å². The van der Waals surface area contributed by atoms with Crippen LogP contribution in [0.15, 0.2) is 5.10 Å². The first-order chi connectivity index (χ1) is 6.16. The monoisotopic (exact) mass is 183 g/mol. The van der Waals surface area contributed by atoms with Crippen molar-refractivity contribution in [1.82, 2.24) is 9.91 Å². The zero-order chi connectivity index (χ0) is 9.84. The van der Waals surface area contributed by atoms with E-state index in [1.54, 1.807) is 0 Å². The fourth-order valence-corrected chi connectivity index (χ4v) is 1.68. The molecule has 0 radical (unpaired) electrons. The number of rotatable bonds is 4. The molecule has 0 amide bonds. The van der Waals surface area contributed by atoms with Crippen molar-refractivity contribution in [2.45, 2.75) is 52.2 Å². The molecule has 0 spiro atoms. The van der Waals surface area contributed by atoms with Gasteiger partial charge in [0, 0.05) is 13.1 Å². The van der Waals surface area contributed by atoms with Crippen molar-refractivity contribution in [2.75, 3.05) is 7.05 Å². The Morgan fingerprint density at radius 1 is 1.46 bits per heavy atom. The van der Waals surface area contributed by atoms with Gasteiger partial charge in [-0.1, -0.05) is 13.3 Å². The fraction of sp³-hybridized carbons (Fsp3) is 0.900. The first-order valence-electron chi connectivity index (χ1n) is 5.21. The molecule has 0 aromatic rings. The molecule has 0 N–H and O–H groups in total. The molecule has 0 aliphatic carbocycles. The van der Waals surface area contributed by atoms with Crippen LogP contribution in [0.5, 0.6) is 0 Å². The van der Waals surface area contributed by atoms with Gasteiger partial charge in [-0.05, 0) is 26.7 Å². The molecule has 0 bridgehead atoms. The first-order valence-corrected chi connectivity index (χ1v) is 5.21. The van der Waals surface area contributed by atoms with Crippen LogP contribution < -0.4 is 0 Å². The average molecular weight is 183 g/mol. The van der Waals surface area contributed by atoms with E-state index in [9.17, 15) is 0 Å². The Labute approximate surface area is 81.4 Å². The SMILES string of the molecule is CCCCC1N(C)C=NN1C(C)C. The standard InChI is InChI=1S/C10H21N3/c1-5-6-7-10-12(4)8-11-13(10)9(2)3/h8-10H,5-7H2,1-4H3. The van der Waals surface area contributed by atoms with Crippen molar-refractivity contribution in [3.63, 3.8) is 0 Å². The molecule has 1 aliphatic heterocycles. The minimum Gasteiger partial charge on any atom is -0.343 e. The number of unbranched alkanes of at least 4 members (excludes halogenated alkanes) is 1. The fourth-order valence-electron chi connectivity index (χ4n) is 1.68. The summed E-state index contributed by atoms with van der Waals surface area (Å²) in [6, 6.07) is 0.503. The lowest BCUT2D eigenvalue weighted by Crippen LogP contribution is -2.40. The summed E-state index contributed by atoms with van der Waals surface area (Å²) in [4.78, 5) is 2.20. The maximum Gasteiger partial charge on any atom is 0.119 e. The predicted octanol–water partition coefficient (Wildman–Crippen LogP) is 2.10. The van der Waals surface area contributed by atoms with Gasteiger partial charge in [0.25, 0.3) is 0 Å². The van der Waals surface area contributed by atoms with Crippen molar-refractivity contribution >= 4 is 6.34 Å². The Balaban J connectivity index is 2.49. The summed E-state index contributed by atoms with van der Waals surface area (Å²) in [5.74, 6) is 0. The Hall–Kier alpha value is -0.730. The molecular weight excluding hydrogens is 162 g/mol. The lowest BCUT2D eigenvalue weighted by molar-refractivity contribution is 0.103. The van der Waals surface area contributed by atoms with E-state index in [2.05, 4.69) is 42.8 Å². The van der Waals surface area contributed by atoms with Gasteiger partial charge in [-0.25, -0.2) is 0 Å². The molecule has 1 rings (SSSR count). The van der Waals surface area contributed by atoms with Gasteiger partial charge in [-0.15, -0.1) is 0 Å². The van der Waals surface area contributed by atoms with Crippen molar-refractivity contribution < 1.29 is 0 Å². The summed E-state index contributed by atoms with van der Waals surface area (Å²) in [7, 11) is 2.10. The second-order valence-electron chi connectivity index (χ2n) is 3.99. The third kappa shape index (κ3) is 2.36. The molecule has 0 saturated heterocycles. The van der Waals surface area contributed by atoms with E-state index in [1.807, 2.05) is 6.34 Å². The van der Waals surface area contributed by atoms with Crippen LogP contribution in [0.3, 0.4) is 0 Å².